The van der Waals surface area contributed by atoms with Crippen LogP contribution in [0.25, 0.3) is 125 Å². The van der Waals surface area contributed by atoms with Crippen molar-refractivity contribution >= 4 is 97.1 Å². The molecular weight excluding hydrogens is 799 g/mol. The van der Waals surface area contributed by atoms with Gasteiger partial charge in [-0.2, -0.15) is 0 Å². The number of hydrogen-bond donors (Lipinski definition) is 0. The lowest BCUT2D eigenvalue weighted by Crippen LogP contribution is -1.96. The standard InChI is InChI=1S/C58H35N5S/c1-3-15-38(16-4-1)61-50-25-13-9-21-43(50)45-33-36(27-30-52(45)61)55-57-56(47-35-40(29-32-54(47)64-57)63-48-23-11-7-19-41(48)42-20-8-12-24-49(42)63)60-58(59-55)37-28-31-53-46(34-37)44-22-10-14-26-51(44)62(53)39-17-5-2-6-18-39/h1-35H. The lowest BCUT2D eigenvalue weighted by molar-refractivity contribution is 1.18. The van der Waals surface area contributed by atoms with Crippen molar-refractivity contribution in [2.75, 3.05) is 0 Å². The van der Waals surface area contributed by atoms with Crippen LogP contribution in [0.15, 0.2) is 212 Å². The van der Waals surface area contributed by atoms with Crippen LogP contribution in [-0.2, 0) is 0 Å². The normalized spacial score (nSPS) is 12.1. The predicted molar refractivity (Wildman–Crippen MR) is 269 cm³/mol. The van der Waals surface area contributed by atoms with E-state index in [1.165, 1.54) is 59.1 Å². The monoisotopic (exact) mass is 833 g/mol. The quantitative estimate of drug-likeness (QED) is 0.173. The average Bonchev–Trinajstić information content (AvgIpc) is 4.10. The van der Waals surface area contributed by atoms with Gasteiger partial charge >= 0.3 is 0 Å². The van der Waals surface area contributed by atoms with Crippen molar-refractivity contribution in [1.82, 2.24) is 23.7 Å². The molecule has 5 aromatic heterocycles. The van der Waals surface area contributed by atoms with E-state index in [1.807, 2.05) is 0 Å². The maximum atomic E-state index is 5.58. The Kier molecular flexibility index (Phi) is 7.49. The van der Waals surface area contributed by atoms with Gasteiger partial charge in [0.1, 0.15) is 0 Å². The molecule has 64 heavy (non-hydrogen) atoms. The van der Waals surface area contributed by atoms with E-state index in [9.17, 15) is 0 Å². The van der Waals surface area contributed by atoms with Crippen molar-refractivity contribution in [2.24, 2.45) is 0 Å². The molecule has 0 saturated carbocycles. The first-order valence-electron chi connectivity index (χ1n) is 21.7. The van der Waals surface area contributed by atoms with Crippen LogP contribution in [0.3, 0.4) is 0 Å². The molecule has 0 aliphatic heterocycles. The fourth-order valence-corrected chi connectivity index (χ4v) is 11.4. The van der Waals surface area contributed by atoms with E-state index in [-0.39, 0.29) is 0 Å². The van der Waals surface area contributed by atoms with Gasteiger partial charge < -0.3 is 13.7 Å². The molecule has 6 heteroatoms. The van der Waals surface area contributed by atoms with Crippen molar-refractivity contribution in [3.8, 4) is 39.7 Å². The van der Waals surface area contributed by atoms with Crippen LogP contribution < -0.4 is 0 Å². The first kappa shape index (κ1) is 35.3. The van der Waals surface area contributed by atoms with Gasteiger partial charge in [0.2, 0.25) is 0 Å². The molecule has 0 amide bonds. The van der Waals surface area contributed by atoms with E-state index >= 15 is 0 Å². The lowest BCUT2D eigenvalue weighted by Gasteiger charge is -2.10. The van der Waals surface area contributed by atoms with E-state index in [1.54, 1.807) is 11.3 Å². The Balaban J connectivity index is 1.04. The smallest absolute Gasteiger partial charge is 0.160 e. The minimum atomic E-state index is 0.703. The first-order valence-corrected chi connectivity index (χ1v) is 22.5. The van der Waals surface area contributed by atoms with Crippen LogP contribution in [0.5, 0.6) is 0 Å². The summed E-state index contributed by atoms with van der Waals surface area (Å²) in [6.07, 6.45) is 0. The summed E-state index contributed by atoms with van der Waals surface area (Å²) in [5.74, 6) is 0.703. The second-order valence-corrected chi connectivity index (χ2v) is 17.6. The Bertz CT molecular complexity index is 4140. The minimum absolute atomic E-state index is 0.703. The Hall–Kier alpha value is -8.32. The van der Waals surface area contributed by atoms with Crippen LogP contribution in [-0.4, -0.2) is 23.7 Å². The zero-order chi connectivity index (χ0) is 41.9. The van der Waals surface area contributed by atoms with E-state index in [4.69, 9.17) is 9.97 Å². The van der Waals surface area contributed by atoms with E-state index in [2.05, 4.69) is 226 Å². The van der Waals surface area contributed by atoms with Gasteiger partial charge in [0.25, 0.3) is 0 Å². The number of hydrogen-bond acceptors (Lipinski definition) is 3. The third-order valence-corrected chi connectivity index (χ3v) is 14.2. The van der Waals surface area contributed by atoms with Crippen molar-refractivity contribution in [2.45, 2.75) is 0 Å². The molecule has 0 bridgehead atoms. The molecule has 0 radical (unpaired) electrons. The van der Waals surface area contributed by atoms with Crippen molar-refractivity contribution < 1.29 is 0 Å². The fourth-order valence-electron chi connectivity index (χ4n) is 10.2. The highest BCUT2D eigenvalue weighted by Gasteiger charge is 2.22. The highest BCUT2D eigenvalue weighted by Crippen LogP contribution is 2.44. The van der Waals surface area contributed by atoms with Crippen LogP contribution in [0, 0.1) is 0 Å². The number of fused-ring (bicyclic) bond motifs is 12. The summed E-state index contributed by atoms with van der Waals surface area (Å²) >= 11 is 1.77. The number of thiophene rings is 1. The Labute approximate surface area is 371 Å². The Morgan fingerprint density at radius 2 is 0.750 bits per heavy atom. The van der Waals surface area contributed by atoms with Crippen molar-refractivity contribution in [3.05, 3.63) is 212 Å². The number of nitrogens with zero attached hydrogens (tertiary/aromatic N) is 5. The second-order valence-electron chi connectivity index (χ2n) is 16.6. The molecule has 14 rings (SSSR count). The Morgan fingerprint density at radius 1 is 0.312 bits per heavy atom. The van der Waals surface area contributed by atoms with Crippen molar-refractivity contribution in [3.63, 3.8) is 0 Å². The number of benzene rings is 9. The highest BCUT2D eigenvalue weighted by atomic mass is 32.1. The van der Waals surface area contributed by atoms with Gasteiger partial charge in [-0.3, -0.25) is 0 Å². The minimum Gasteiger partial charge on any atom is -0.309 e. The zero-order valence-corrected chi connectivity index (χ0v) is 35.2. The molecule has 0 atom stereocenters. The molecule has 0 aliphatic carbocycles. The molecule has 0 saturated heterocycles. The molecule has 9 aromatic carbocycles. The summed E-state index contributed by atoms with van der Waals surface area (Å²) < 4.78 is 9.37. The molecule has 0 unspecified atom stereocenters. The number of rotatable bonds is 5. The fraction of sp³-hybridized carbons (Fsp3) is 0. The average molecular weight is 834 g/mol. The third kappa shape index (κ3) is 5.11. The molecule has 298 valence electrons. The largest absolute Gasteiger partial charge is 0.309 e. The van der Waals surface area contributed by atoms with Crippen LogP contribution >= 0.6 is 11.3 Å². The van der Waals surface area contributed by atoms with E-state index < -0.39 is 0 Å². The molecule has 0 N–H and O–H groups in total. The molecule has 14 aromatic rings. The van der Waals surface area contributed by atoms with Crippen molar-refractivity contribution in [1.29, 1.82) is 0 Å². The van der Waals surface area contributed by atoms with Gasteiger partial charge in [-0.15, -0.1) is 11.3 Å². The molecule has 0 aliphatic rings. The van der Waals surface area contributed by atoms with Crippen LogP contribution in [0.1, 0.15) is 0 Å². The summed E-state index contributed by atoms with van der Waals surface area (Å²) in [6.45, 7) is 0. The molecular formula is C58H35N5S. The Morgan fingerprint density at radius 3 is 1.30 bits per heavy atom. The summed E-state index contributed by atoms with van der Waals surface area (Å²) in [5.41, 5.74) is 14.3. The number of para-hydroxylation sites is 6. The van der Waals surface area contributed by atoms with Gasteiger partial charge in [0.15, 0.2) is 5.82 Å². The molecule has 0 fully saturated rings. The van der Waals surface area contributed by atoms with Crippen LogP contribution in [0.4, 0.5) is 0 Å². The number of aromatic nitrogens is 5. The van der Waals surface area contributed by atoms with E-state index in [0.29, 0.717) is 5.82 Å². The highest BCUT2D eigenvalue weighted by molar-refractivity contribution is 7.26. The second kappa shape index (κ2) is 13.6. The van der Waals surface area contributed by atoms with Gasteiger partial charge in [-0.1, -0.05) is 115 Å². The third-order valence-electron chi connectivity index (χ3n) is 13.0. The van der Waals surface area contributed by atoms with Crippen LogP contribution in [0.2, 0.25) is 0 Å². The maximum absolute atomic E-state index is 5.58. The van der Waals surface area contributed by atoms with Gasteiger partial charge in [0, 0.05) is 70.6 Å². The summed E-state index contributed by atoms with van der Waals surface area (Å²) in [5, 5.41) is 8.37. The SMILES string of the molecule is c1ccc(-n2c3ccccc3c3cc(-c4nc(-c5ccc6c(c5)c5ccccc5n6-c5ccccc5)c5sc6ccc(-n7c8ccccc8c8ccccc87)cc6c5n4)ccc32)cc1. The van der Waals surface area contributed by atoms with Gasteiger partial charge in [-0.05, 0) is 97.1 Å². The van der Waals surface area contributed by atoms with Gasteiger partial charge in [0.05, 0.1) is 49.0 Å². The first-order chi connectivity index (χ1) is 31.7. The summed E-state index contributed by atoms with van der Waals surface area (Å²) in [7, 11) is 0. The zero-order valence-electron chi connectivity index (χ0n) is 34.4. The molecule has 0 spiro atoms. The lowest BCUT2D eigenvalue weighted by atomic mass is 10.0. The molecule has 5 heterocycles. The predicted octanol–water partition coefficient (Wildman–Crippen LogP) is 15.5. The maximum Gasteiger partial charge on any atom is 0.160 e. The summed E-state index contributed by atoms with van der Waals surface area (Å²) in [4.78, 5) is 11.1. The molecule has 5 nitrogen and oxygen atoms in total. The topological polar surface area (TPSA) is 40.6 Å². The van der Waals surface area contributed by atoms with E-state index in [0.717, 1.165) is 60.5 Å². The van der Waals surface area contributed by atoms with Gasteiger partial charge in [-0.25, -0.2) is 9.97 Å². The summed E-state index contributed by atoms with van der Waals surface area (Å²) in [6, 6.07) is 76.5.